The second-order valence-electron chi connectivity index (χ2n) is 21.7. The van der Waals surface area contributed by atoms with Crippen LogP contribution in [-0.4, -0.2) is 6.88 Å². The van der Waals surface area contributed by atoms with Crippen molar-refractivity contribution in [3.8, 4) is 44.5 Å². The van der Waals surface area contributed by atoms with Crippen molar-refractivity contribution in [3.63, 3.8) is 0 Å². The molecular weight excluding hydrogens is 816 g/mol. The van der Waals surface area contributed by atoms with Crippen LogP contribution in [-0.2, 0) is 17.4 Å². The Morgan fingerprint density at radius 1 is 0.367 bits per heavy atom. The van der Waals surface area contributed by atoms with Gasteiger partial charge in [0.25, 0.3) is 0 Å². The van der Waals surface area contributed by atoms with E-state index in [4.69, 9.17) is 0 Å². The van der Waals surface area contributed by atoms with Crippen molar-refractivity contribution in [2.75, 3.05) is 0 Å². The van der Waals surface area contributed by atoms with E-state index in [9.17, 15) is 0 Å². The van der Waals surface area contributed by atoms with E-state index in [1.807, 2.05) is 0 Å². The first-order valence-corrected chi connectivity index (χ1v) is 35.9. The molecule has 0 amide bonds. The molecule has 0 N–H and O–H groups in total. The van der Waals surface area contributed by atoms with Crippen LogP contribution in [0.15, 0.2) is 132 Å². The van der Waals surface area contributed by atoms with Crippen LogP contribution >= 0.6 is 0 Å². The van der Waals surface area contributed by atoms with E-state index in [0.717, 1.165) is 0 Å². The maximum atomic E-state index is 2.87. The summed E-state index contributed by atoms with van der Waals surface area (Å²) >= 11 is -4.38. The molecule has 0 heterocycles. The van der Waals surface area contributed by atoms with Gasteiger partial charge in [0, 0.05) is 0 Å². The Labute approximate surface area is 364 Å². The monoisotopic (exact) mass is 880 g/mol. The summed E-state index contributed by atoms with van der Waals surface area (Å²) in [6.07, 6.45) is 0. The summed E-state index contributed by atoms with van der Waals surface area (Å²) in [4.78, 5) is 0. The molecule has 0 aromatic heterocycles. The van der Waals surface area contributed by atoms with Crippen molar-refractivity contribution >= 4 is 18.0 Å². The van der Waals surface area contributed by atoms with Crippen molar-refractivity contribution in [3.05, 3.63) is 177 Å². The van der Waals surface area contributed by atoms with Gasteiger partial charge >= 0.3 is 367 Å². The Hall–Kier alpha value is -4.10. The molecule has 306 valence electrons. The molecule has 0 bridgehead atoms. The number of rotatable bonds is 6. The number of fused-ring (bicyclic) bond motifs is 2. The van der Waals surface area contributed by atoms with Crippen LogP contribution in [0.1, 0.15) is 107 Å². The van der Waals surface area contributed by atoms with Crippen LogP contribution < -0.4 is 0 Å². The first-order valence-electron chi connectivity index (χ1n) is 22.2. The van der Waals surface area contributed by atoms with Crippen LogP contribution in [0.25, 0.3) is 55.7 Å². The Bertz CT molecular complexity index is 2610. The van der Waals surface area contributed by atoms with Gasteiger partial charge in [0.15, 0.2) is 0 Å². The molecule has 0 nitrogen and oxygen atoms in total. The summed E-state index contributed by atoms with van der Waals surface area (Å²) in [7, 11) is 0. The van der Waals surface area contributed by atoms with E-state index in [0.29, 0.717) is 7.25 Å². The van der Waals surface area contributed by atoms with Crippen LogP contribution in [0.5, 0.6) is 0 Å². The number of hydrogen-bond donors (Lipinski definition) is 0. The fourth-order valence-electron chi connectivity index (χ4n) is 11.6. The number of hydrogen-bond acceptors (Lipinski definition) is 0. The zero-order valence-corrected chi connectivity index (χ0v) is 42.8. The molecule has 0 saturated carbocycles. The van der Waals surface area contributed by atoms with E-state index in [1.165, 1.54) is 89.0 Å². The zero-order valence-electron chi connectivity index (χ0n) is 38.9. The summed E-state index contributed by atoms with van der Waals surface area (Å²) in [6, 6.07) is 47.1. The molecule has 2 unspecified atom stereocenters. The van der Waals surface area contributed by atoms with E-state index < -0.39 is 17.4 Å². The summed E-state index contributed by atoms with van der Waals surface area (Å²) in [6.45, 7) is 31.3. The summed E-state index contributed by atoms with van der Waals surface area (Å²) in [5, 5.41) is 0. The SMILES string of the molecule is CC1=C(C(C)(C)C)[CH]([Zr]([CH3])([CH3])(=[SiH2])[CH]2C(C(C)(C)C)=C(C)c3c(-c4ccc(C)cc4)ccc(-c4ccc(C)cc4)c32)c2c(-c3ccc(C)cc3)ccc(-c3ccc(C)cc3)c21. The first kappa shape index (κ1) is 42.6. The predicted octanol–water partition coefficient (Wildman–Crippen LogP) is 16.4. The van der Waals surface area contributed by atoms with Gasteiger partial charge in [-0.15, -0.1) is 0 Å². The topological polar surface area (TPSA) is 0 Å². The number of benzene rings is 6. The fraction of sp³-hybridized carbons (Fsp3) is 0.310. The molecule has 2 aliphatic rings. The first-order chi connectivity index (χ1) is 28.1. The molecule has 0 radical (unpaired) electrons. The number of allylic oxidation sites excluding steroid dienone is 4. The summed E-state index contributed by atoms with van der Waals surface area (Å²) in [5.41, 5.74) is 28.3. The Balaban J connectivity index is 1.53. The maximum absolute atomic E-state index is 4.38. The standard InChI is InChI=1S/2C28H29.2CH3.H2Si.Zr/c2*1-18-7-11-21(12-8-18)23-15-16-24(22-13-9-19(2)10-14-22)27-20(3)26(17-25(23)27)28(4,5)6;;;;/h2*7-17H,1-6H3;2*1H3;1H2;. The van der Waals surface area contributed by atoms with Crippen LogP contribution in [0, 0.1) is 38.5 Å². The van der Waals surface area contributed by atoms with Gasteiger partial charge in [-0.05, 0) is 0 Å². The third kappa shape index (κ3) is 7.09. The van der Waals surface area contributed by atoms with Gasteiger partial charge in [-0.2, -0.15) is 0 Å². The average molecular weight is 882 g/mol. The van der Waals surface area contributed by atoms with Crippen molar-refractivity contribution in [1.82, 2.24) is 0 Å². The zero-order chi connectivity index (χ0) is 43.3. The van der Waals surface area contributed by atoms with Gasteiger partial charge in [-0.25, -0.2) is 0 Å². The molecule has 6 aromatic rings. The van der Waals surface area contributed by atoms with Crippen molar-refractivity contribution < 1.29 is 17.4 Å². The van der Waals surface area contributed by atoms with E-state index in [2.05, 4.69) is 221 Å². The van der Waals surface area contributed by atoms with E-state index in [1.54, 1.807) is 22.3 Å². The van der Waals surface area contributed by atoms with Crippen molar-refractivity contribution in [2.24, 2.45) is 10.8 Å². The van der Waals surface area contributed by atoms with Crippen LogP contribution in [0.4, 0.5) is 0 Å². The summed E-state index contributed by atoms with van der Waals surface area (Å²) in [5.74, 6) is 0. The van der Waals surface area contributed by atoms with Gasteiger partial charge in [0.05, 0.1) is 0 Å². The predicted molar refractivity (Wildman–Crippen MR) is 263 cm³/mol. The van der Waals surface area contributed by atoms with Gasteiger partial charge in [0.1, 0.15) is 0 Å². The van der Waals surface area contributed by atoms with Gasteiger partial charge in [0.2, 0.25) is 0 Å². The Morgan fingerprint density at radius 2 is 0.600 bits per heavy atom. The molecular formula is C58H66SiZr. The molecule has 2 heteroatoms. The normalized spacial score (nSPS) is 17.1. The van der Waals surface area contributed by atoms with Gasteiger partial charge in [-0.3, -0.25) is 0 Å². The molecule has 6 aromatic carbocycles. The minimum atomic E-state index is -4.38. The fourth-order valence-corrected chi connectivity index (χ4v) is 31.2. The minimum absolute atomic E-state index is 0.0456. The third-order valence-electron chi connectivity index (χ3n) is 14.2. The molecule has 2 atom stereocenters. The van der Waals surface area contributed by atoms with Crippen molar-refractivity contribution in [1.29, 1.82) is 0 Å². The quantitative estimate of drug-likeness (QED) is 0.146. The van der Waals surface area contributed by atoms with Crippen LogP contribution in [0.3, 0.4) is 0 Å². The second-order valence-corrected chi connectivity index (χ2v) is 52.2. The molecule has 2 aliphatic carbocycles. The van der Waals surface area contributed by atoms with Gasteiger partial charge < -0.3 is 0 Å². The molecule has 8 rings (SSSR count). The number of aryl methyl sites for hydroxylation is 4. The molecule has 60 heavy (non-hydrogen) atoms. The van der Waals surface area contributed by atoms with Crippen LogP contribution in [0.2, 0.25) is 9.26 Å². The molecule has 0 spiro atoms. The van der Waals surface area contributed by atoms with Crippen molar-refractivity contribution in [2.45, 2.75) is 99.6 Å². The van der Waals surface area contributed by atoms with Gasteiger partial charge in [-0.1, -0.05) is 0 Å². The van der Waals surface area contributed by atoms with E-state index >= 15 is 0 Å². The molecule has 0 saturated heterocycles. The average Bonchev–Trinajstić information content (AvgIpc) is 3.70. The Kier molecular flexibility index (Phi) is 10.5. The summed E-state index contributed by atoms with van der Waals surface area (Å²) < 4.78 is 6.37. The van der Waals surface area contributed by atoms with E-state index in [-0.39, 0.29) is 10.8 Å². The Morgan fingerprint density at radius 3 is 0.850 bits per heavy atom. The third-order valence-corrected chi connectivity index (χ3v) is 31.2. The molecule has 0 fully saturated rings. The second kappa shape index (κ2) is 14.8. The molecule has 0 aliphatic heterocycles.